The Hall–Kier alpha value is -3.41. The van der Waals surface area contributed by atoms with Gasteiger partial charge in [0.05, 0.1) is 0 Å². The predicted octanol–water partition coefficient (Wildman–Crippen LogP) is 19.2. The highest BCUT2D eigenvalue weighted by molar-refractivity contribution is 5.71. The number of hydrogen-bond donors (Lipinski definition) is 0. The van der Waals surface area contributed by atoms with E-state index in [0.717, 1.165) is 70.6 Å². The second-order valence-electron chi connectivity index (χ2n) is 19.0. The number of unbranched alkanes of at least 4 members (excludes halogenated alkanes) is 31. The lowest BCUT2D eigenvalue weighted by Crippen LogP contribution is -2.30. The molecule has 0 radical (unpaired) electrons. The van der Waals surface area contributed by atoms with Crippen LogP contribution in [-0.4, -0.2) is 37.2 Å². The minimum Gasteiger partial charge on any atom is -0.462 e. The van der Waals surface area contributed by atoms with Gasteiger partial charge in [-0.2, -0.15) is 0 Å². The lowest BCUT2D eigenvalue weighted by atomic mass is 10.0. The molecule has 0 aromatic carbocycles. The van der Waals surface area contributed by atoms with Gasteiger partial charge in [0.15, 0.2) is 6.10 Å². The molecule has 0 aromatic heterocycles. The second-order valence-corrected chi connectivity index (χ2v) is 19.0. The smallest absolute Gasteiger partial charge is 0.306 e. The Bertz CT molecular complexity index is 1320. The number of rotatable bonds is 51. The van der Waals surface area contributed by atoms with Crippen molar-refractivity contribution in [3.63, 3.8) is 0 Å². The Labute approximate surface area is 420 Å². The molecule has 0 aliphatic rings. The second kappa shape index (κ2) is 56.2. The highest BCUT2D eigenvalue weighted by Crippen LogP contribution is 2.16. The lowest BCUT2D eigenvalue weighted by Gasteiger charge is -2.18. The van der Waals surface area contributed by atoms with E-state index in [1.54, 1.807) is 0 Å². The maximum absolute atomic E-state index is 12.8. The summed E-state index contributed by atoms with van der Waals surface area (Å²) in [5.41, 5.74) is 0. The van der Waals surface area contributed by atoms with E-state index in [4.69, 9.17) is 14.2 Å². The molecule has 0 aliphatic carbocycles. The van der Waals surface area contributed by atoms with Gasteiger partial charge in [-0.1, -0.05) is 279 Å². The molecule has 1 unspecified atom stereocenters. The van der Waals surface area contributed by atoms with Crippen LogP contribution in [0.3, 0.4) is 0 Å². The molecule has 0 aliphatic heterocycles. The number of carbonyl (C=O) groups is 3. The maximum Gasteiger partial charge on any atom is 0.306 e. The summed E-state index contributed by atoms with van der Waals surface area (Å²) >= 11 is 0. The molecule has 0 saturated carbocycles. The van der Waals surface area contributed by atoms with E-state index < -0.39 is 6.10 Å². The average molecular weight is 948 g/mol. The van der Waals surface area contributed by atoms with Crippen LogP contribution >= 0.6 is 0 Å². The fourth-order valence-electron chi connectivity index (χ4n) is 7.99. The fraction of sp³-hybridized carbons (Fsp3) is 0.726. The van der Waals surface area contributed by atoms with Crippen LogP contribution in [0.15, 0.2) is 85.1 Å². The van der Waals surface area contributed by atoms with Crippen molar-refractivity contribution in [2.75, 3.05) is 13.2 Å². The van der Waals surface area contributed by atoms with Gasteiger partial charge in [0, 0.05) is 19.3 Å². The zero-order valence-electron chi connectivity index (χ0n) is 44.6. The third-order valence-electron chi connectivity index (χ3n) is 12.3. The molecule has 0 rings (SSSR count). The van der Waals surface area contributed by atoms with E-state index in [0.29, 0.717) is 19.3 Å². The summed E-state index contributed by atoms with van der Waals surface area (Å²) in [7, 11) is 0. The maximum atomic E-state index is 12.8. The molecule has 0 bridgehead atoms. The molecule has 6 nitrogen and oxygen atoms in total. The van der Waals surface area contributed by atoms with Crippen molar-refractivity contribution in [1.82, 2.24) is 0 Å². The minimum absolute atomic E-state index is 0.104. The van der Waals surface area contributed by atoms with E-state index in [2.05, 4.69) is 51.2 Å². The van der Waals surface area contributed by atoms with Crippen LogP contribution in [0.4, 0.5) is 0 Å². The molecular weight excluding hydrogens is 841 g/mol. The van der Waals surface area contributed by atoms with Gasteiger partial charge in [0.25, 0.3) is 0 Å². The number of allylic oxidation sites excluding steroid dienone is 14. The van der Waals surface area contributed by atoms with Crippen LogP contribution in [0, 0.1) is 0 Å². The van der Waals surface area contributed by atoms with Crippen LogP contribution in [0.5, 0.6) is 0 Å². The van der Waals surface area contributed by atoms with Gasteiger partial charge in [-0.05, 0) is 57.8 Å². The Morgan fingerprint density at radius 2 is 0.588 bits per heavy atom. The molecule has 0 N–H and O–H groups in total. The molecule has 0 amide bonds. The van der Waals surface area contributed by atoms with Gasteiger partial charge in [-0.25, -0.2) is 0 Å². The van der Waals surface area contributed by atoms with E-state index in [9.17, 15) is 14.4 Å². The molecule has 0 spiro atoms. The number of esters is 3. The molecule has 0 saturated heterocycles. The van der Waals surface area contributed by atoms with E-state index in [1.807, 2.05) is 54.7 Å². The quantitative estimate of drug-likeness (QED) is 0.0262. The first-order valence-electron chi connectivity index (χ1n) is 28.7. The number of carbonyl (C=O) groups excluding carboxylic acids is 3. The molecule has 6 heteroatoms. The molecule has 0 fully saturated rings. The Morgan fingerprint density at radius 3 is 0.971 bits per heavy atom. The zero-order chi connectivity index (χ0) is 49.3. The average Bonchev–Trinajstić information content (AvgIpc) is 3.34. The van der Waals surface area contributed by atoms with Gasteiger partial charge in [-0.15, -0.1) is 0 Å². The van der Waals surface area contributed by atoms with Crippen LogP contribution in [0.1, 0.15) is 271 Å². The number of hydrogen-bond acceptors (Lipinski definition) is 6. The summed E-state index contributed by atoms with van der Waals surface area (Å²) in [6.07, 6.45) is 73.0. The summed E-state index contributed by atoms with van der Waals surface area (Å²) in [6.45, 7) is 6.44. The number of ether oxygens (including phenoxy) is 3. The Kier molecular flexibility index (Phi) is 53.4. The minimum atomic E-state index is -0.813. The van der Waals surface area contributed by atoms with Crippen molar-refractivity contribution >= 4 is 17.9 Å². The van der Waals surface area contributed by atoms with Gasteiger partial charge in [0.2, 0.25) is 0 Å². The first kappa shape index (κ1) is 64.6. The van der Waals surface area contributed by atoms with Crippen LogP contribution < -0.4 is 0 Å². The largest absolute Gasteiger partial charge is 0.462 e. The van der Waals surface area contributed by atoms with Crippen molar-refractivity contribution in [2.45, 2.75) is 277 Å². The van der Waals surface area contributed by atoms with Crippen LogP contribution in [0.25, 0.3) is 0 Å². The van der Waals surface area contributed by atoms with E-state index in [1.165, 1.54) is 154 Å². The van der Waals surface area contributed by atoms with E-state index in [-0.39, 0.29) is 37.5 Å². The molecule has 0 heterocycles. The summed E-state index contributed by atoms with van der Waals surface area (Å²) < 4.78 is 16.8. The lowest BCUT2D eigenvalue weighted by molar-refractivity contribution is -0.167. The summed E-state index contributed by atoms with van der Waals surface area (Å²) in [5.74, 6) is -0.989. The topological polar surface area (TPSA) is 78.9 Å². The third kappa shape index (κ3) is 53.5. The molecule has 0 aromatic rings. The fourth-order valence-corrected chi connectivity index (χ4v) is 7.99. The first-order chi connectivity index (χ1) is 33.5. The Balaban J connectivity index is 4.44. The van der Waals surface area contributed by atoms with Crippen molar-refractivity contribution in [2.24, 2.45) is 0 Å². The van der Waals surface area contributed by atoms with E-state index >= 15 is 0 Å². The summed E-state index contributed by atoms with van der Waals surface area (Å²) in [6, 6.07) is 0. The van der Waals surface area contributed by atoms with Gasteiger partial charge in [0.1, 0.15) is 13.2 Å². The third-order valence-corrected chi connectivity index (χ3v) is 12.3. The highest BCUT2D eigenvalue weighted by atomic mass is 16.6. The molecular formula is C62H106O6. The standard InChI is InChI=1S/C62H106O6/c1-4-7-10-13-16-19-22-25-27-29-31-33-34-37-40-43-46-49-52-55-61(64)67-58-59(57-66-60(63)54-51-48-45-42-39-36-24-21-18-15-12-9-6-3)68-62(65)56-53-50-47-44-41-38-35-32-30-28-26-23-20-17-14-11-8-5-2/h9,12,15,18,21,24,28,30,32,35-36,39,42,45,59H,4-8,10-11,13-14,16-17,19-20,22-23,25-27,29,31,33-34,37-38,40-41,43-44,46-58H2,1-3H3/b12-9-,18-15-,24-21-,30-28-,35-32-,39-36-,45-42-. The molecule has 390 valence electrons. The van der Waals surface area contributed by atoms with Gasteiger partial charge < -0.3 is 14.2 Å². The first-order valence-corrected chi connectivity index (χ1v) is 28.7. The van der Waals surface area contributed by atoms with Gasteiger partial charge in [-0.3, -0.25) is 14.4 Å². The summed E-state index contributed by atoms with van der Waals surface area (Å²) in [5, 5.41) is 0. The molecule has 1 atom stereocenters. The SMILES string of the molecule is CC\C=C/C=C\C=C/C=C\C=C/CCCC(=O)OCC(COC(=O)CCCCCCCCCCCCCCCCCCCCC)OC(=O)CCCCCCC/C=C\C=C/CCCCCCCCC. The Morgan fingerprint density at radius 1 is 0.309 bits per heavy atom. The normalized spacial score (nSPS) is 12.7. The van der Waals surface area contributed by atoms with Crippen LogP contribution in [-0.2, 0) is 28.6 Å². The van der Waals surface area contributed by atoms with Crippen molar-refractivity contribution in [3.05, 3.63) is 85.1 Å². The van der Waals surface area contributed by atoms with Crippen molar-refractivity contribution in [1.29, 1.82) is 0 Å². The van der Waals surface area contributed by atoms with Gasteiger partial charge >= 0.3 is 17.9 Å². The zero-order valence-corrected chi connectivity index (χ0v) is 44.6. The van der Waals surface area contributed by atoms with Crippen molar-refractivity contribution < 1.29 is 28.6 Å². The predicted molar refractivity (Wildman–Crippen MR) is 293 cm³/mol. The van der Waals surface area contributed by atoms with Crippen molar-refractivity contribution in [3.8, 4) is 0 Å². The monoisotopic (exact) mass is 947 g/mol. The van der Waals surface area contributed by atoms with Crippen LogP contribution in [0.2, 0.25) is 0 Å². The highest BCUT2D eigenvalue weighted by Gasteiger charge is 2.19. The summed E-state index contributed by atoms with van der Waals surface area (Å²) in [4.78, 5) is 38.1. The molecule has 68 heavy (non-hydrogen) atoms.